The molecule has 1 amide bonds. The molecule has 0 atom stereocenters. The largest absolute Gasteiger partial charge is 0.493 e. The molecule has 1 aromatic heterocycles. The Kier molecular flexibility index (Phi) is 10.4. The van der Waals surface area contributed by atoms with Gasteiger partial charge >= 0.3 is 6.01 Å². The molecule has 0 unspecified atom stereocenters. The summed E-state index contributed by atoms with van der Waals surface area (Å²) in [5, 5.41) is 13.7. The van der Waals surface area contributed by atoms with Gasteiger partial charge in [-0.2, -0.15) is 0 Å². The number of nitrogens with one attached hydrogen (secondary N) is 2. The van der Waals surface area contributed by atoms with Crippen LogP contribution in [-0.2, 0) is 17.9 Å². The van der Waals surface area contributed by atoms with Crippen molar-refractivity contribution in [3.8, 4) is 11.5 Å². The second-order valence-electron chi connectivity index (χ2n) is 7.50. The molecule has 31 heavy (non-hydrogen) atoms. The summed E-state index contributed by atoms with van der Waals surface area (Å²) in [6, 6.07) is 5.92. The Labute approximate surface area is 184 Å². The Hall–Kier alpha value is -3.03. The zero-order valence-corrected chi connectivity index (χ0v) is 18.9. The number of hydrogen-bond donors (Lipinski definition) is 2. The van der Waals surface area contributed by atoms with E-state index in [4.69, 9.17) is 13.9 Å². The Morgan fingerprint density at radius 2 is 2.06 bits per heavy atom. The van der Waals surface area contributed by atoms with Crippen molar-refractivity contribution in [2.75, 3.05) is 19.0 Å². The highest BCUT2D eigenvalue weighted by molar-refractivity contribution is 5.75. The molecule has 0 aliphatic rings. The molecule has 170 valence electrons. The number of carbonyl (C=O) groups is 1. The Bertz CT molecular complexity index is 833. The molecule has 0 aliphatic heterocycles. The molecule has 0 saturated heterocycles. The molecule has 2 N–H and O–H groups in total. The molecule has 0 saturated carbocycles. The number of anilines is 1. The van der Waals surface area contributed by atoms with Crippen molar-refractivity contribution < 1.29 is 18.7 Å². The summed E-state index contributed by atoms with van der Waals surface area (Å²) < 4.78 is 16.6. The maximum Gasteiger partial charge on any atom is 0.315 e. The Morgan fingerprint density at radius 3 is 2.81 bits per heavy atom. The van der Waals surface area contributed by atoms with Gasteiger partial charge in [0.25, 0.3) is 5.89 Å². The minimum absolute atomic E-state index is 0.0556. The van der Waals surface area contributed by atoms with E-state index >= 15 is 0 Å². The molecule has 0 spiro atoms. The summed E-state index contributed by atoms with van der Waals surface area (Å²) in [6.07, 6.45) is 7.85. The number of unbranched alkanes of at least 4 members (excludes halogenated alkanes) is 2. The third-order valence-electron chi connectivity index (χ3n) is 4.41. The van der Waals surface area contributed by atoms with Gasteiger partial charge in [0.2, 0.25) is 5.91 Å². The van der Waals surface area contributed by atoms with Gasteiger partial charge < -0.3 is 24.5 Å². The maximum absolute atomic E-state index is 12.1. The van der Waals surface area contributed by atoms with Gasteiger partial charge in [-0.25, -0.2) is 0 Å². The fraction of sp³-hybridized carbons (Fsp3) is 0.522. The van der Waals surface area contributed by atoms with Crippen molar-refractivity contribution in [3.63, 3.8) is 0 Å². The van der Waals surface area contributed by atoms with Crippen LogP contribution in [0.5, 0.6) is 11.5 Å². The fourth-order valence-electron chi connectivity index (χ4n) is 2.82. The summed E-state index contributed by atoms with van der Waals surface area (Å²) in [5.74, 6) is 2.14. The number of nitrogens with zero attached hydrogens (tertiary/aromatic N) is 2. The summed E-state index contributed by atoms with van der Waals surface area (Å²) in [7, 11) is 1.58. The Morgan fingerprint density at radius 1 is 1.23 bits per heavy atom. The van der Waals surface area contributed by atoms with Gasteiger partial charge in [-0.15, -0.1) is 5.10 Å². The topological polar surface area (TPSA) is 98.5 Å². The van der Waals surface area contributed by atoms with Gasteiger partial charge in [-0.1, -0.05) is 37.2 Å². The standard InChI is InChI=1S/C23H34N4O4/c1-5-24-23-27-26-22(31-23)16-30-19-13-12-18(14-20(19)29-4)15-25-21(28)11-9-7-6-8-10-17(2)3/h8,10,12-14,17H,5-7,9,11,15-16H2,1-4H3,(H,24,27)(H,25,28)/b10-8+. The summed E-state index contributed by atoms with van der Waals surface area (Å²) >= 11 is 0. The van der Waals surface area contributed by atoms with E-state index in [-0.39, 0.29) is 12.5 Å². The first-order valence-electron chi connectivity index (χ1n) is 10.8. The number of ether oxygens (including phenoxy) is 2. The number of hydrogen-bond acceptors (Lipinski definition) is 7. The monoisotopic (exact) mass is 430 g/mol. The first-order chi connectivity index (χ1) is 15.0. The SMILES string of the molecule is CCNc1nnc(COc2ccc(CNC(=O)CCCC/C=C/C(C)C)cc2OC)o1. The quantitative estimate of drug-likeness (QED) is 0.337. The van der Waals surface area contributed by atoms with E-state index in [0.717, 1.165) is 24.8 Å². The van der Waals surface area contributed by atoms with Gasteiger partial charge in [0, 0.05) is 19.5 Å². The number of rotatable bonds is 14. The van der Waals surface area contributed by atoms with Gasteiger partial charge in [0.05, 0.1) is 7.11 Å². The van der Waals surface area contributed by atoms with Crippen LogP contribution in [0.1, 0.15) is 57.9 Å². The highest BCUT2D eigenvalue weighted by Crippen LogP contribution is 2.29. The van der Waals surface area contributed by atoms with Gasteiger partial charge in [0.15, 0.2) is 18.1 Å². The van der Waals surface area contributed by atoms with Crippen LogP contribution in [0, 0.1) is 5.92 Å². The number of methoxy groups -OCH3 is 1. The highest BCUT2D eigenvalue weighted by Gasteiger charge is 2.10. The first kappa shape index (κ1) is 24.2. The molecule has 1 aromatic carbocycles. The van der Waals surface area contributed by atoms with E-state index in [0.29, 0.717) is 48.8 Å². The molecule has 8 heteroatoms. The van der Waals surface area contributed by atoms with Crippen molar-refractivity contribution in [2.45, 2.75) is 59.6 Å². The number of allylic oxidation sites excluding steroid dienone is 2. The highest BCUT2D eigenvalue weighted by atomic mass is 16.5. The van der Waals surface area contributed by atoms with E-state index < -0.39 is 0 Å². The second kappa shape index (κ2) is 13.3. The molecule has 1 heterocycles. The molecule has 2 rings (SSSR count). The molecule has 0 bridgehead atoms. The molecule has 8 nitrogen and oxygen atoms in total. The average molecular weight is 431 g/mol. The van der Waals surface area contributed by atoms with Crippen LogP contribution in [0.25, 0.3) is 0 Å². The van der Waals surface area contributed by atoms with Crippen molar-refractivity contribution >= 4 is 11.9 Å². The predicted molar refractivity (Wildman–Crippen MR) is 120 cm³/mol. The predicted octanol–water partition coefficient (Wildman–Crippen LogP) is 4.48. The lowest BCUT2D eigenvalue weighted by atomic mass is 10.1. The molecule has 0 radical (unpaired) electrons. The van der Waals surface area contributed by atoms with E-state index in [1.807, 2.05) is 25.1 Å². The van der Waals surface area contributed by atoms with Gasteiger partial charge in [0.1, 0.15) is 0 Å². The minimum atomic E-state index is 0.0556. The van der Waals surface area contributed by atoms with Crippen molar-refractivity contribution in [1.82, 2.24) is 15.5 Å². The fourth-order valence-corrected chi connectivity index (χ4v) is 2.82. The lowest BCUT2D eigenvalue weighted by molar-refractivity contribution is -0.121. The summed E-state index contributed by atoms with van der Waals surface area (Å²) in [5.41, 5.74) is 0.935. The number of aromatic nitrogens is 2. The smallest absolute Gasteiger partial charge is 0.315 e. The number of carbonyl (C=O) groups excluding carboxylic acids is 1. The van der Waals surface area contributed by atoms with Crippen LogP contribution in [0.15, 0.2) is 34.8 Å². The van der Waals surface area contributed by atoms with Crippen LogP contribution >= 0.6 is 0 Å². The van der Waals surface area contributed by atoms with E-state index in [1.165, 1.54) is 0 Å². The lowest BCUT2D eigenvalue weighted by Crippen LogP contribution is -2.22. The van der Waals surface area contributed by atoms with Crippen LogP contribution in [-0.4, -0.2) is 29.8 Å². The zero-order valence-electron chi connectivity index (χ0n) is 18.9. The third kappa shape index (κ3) is 9.11. The van der Waals surface area contributed by atoms with Crippen LogP contribution in [0.4, 0.5) is 6.01 Å². The summed E-state index contributed by atoms with van der Waals surface area (Å²) in [4.78, 5) is 12.1. The summed E-state index contributed by atoms with van der Waals surface area (Å²) in [6.45, 7) is 7.54. The normalized spacial score (nSPS) is 11.1. The maximum atomic E-state index is 12.1. The molecular weight excluding hydrogens is 396 g/mol. The lowest BCUT2D eigenvalue weighted by Gasteiger charge is -2.12. The Balaban J connectivity index is 1.76. The van der Waals surface area contributed by atoms with E-state index in [2.05, 4.69) is 46.8 Å². The second-order valence-corrected chi connectivity index (χ2v) is 7.50. The number of amides is 1. The van der Waals surface area contributed by atoms with Crippen LogP contribution < -0.4 is 20.1 Å². The van der Waals surface area contributed by atoms with Crippen molar-refractivity contribution in [2.24, 2.45) is 5.92 Å². The van der Waals surface area contributed by atoms with E-state index in [1.54, 1.807) is 7.11 Å². The minimum Gasteiger partial charge on any atom is -0.493 e. The van der Waals surface area contributed by atoms with Crippen molar-refractivity contribution in [1.29, 1.82) is 0 Å². The van der Waals surface area contributed by atoms with E-state index in [9.17, 15) is 4.79 Å². The van der Waals surface area contributed by atoms with Crippen LogP contribution in [0.2, 0.25) is 0 Å². The van der Waals surface area contributed by atoms with Gasteiger partial charge in [-0.3, -0.25) is 4.79 Å². The number of benzene rings is 1. The third-order valence-corrected chi connectivity index (χ3v) is 4.41. The molecular formula is C23H34N4O4. The molecule has 0 aliphatic carbocycles. The zero-order chi connectivity index (χ0) is 22.5. The van der Waals surface area contributed by atoms with Gasteiger partial charge in [-0.05, 0) is 49.8 Å². The van der Waals surface area contributed by atoms with Crippen LogP contribution in [0.3, 0.4) is 0 Å². The molecule has 2 aromatic rings. The van der Waals surface area contributed by atoms with Crippen molar-refractivity contribution in [3.05, 3.63) is 41.8 Å². The average Bonchev–Trinajstić information content (AvgIpc) is 3.21. The first-order valence-corrected chi connectivity index (χ1v) is 10.8. The molecule has 0 fully saturated rings.